The molecule has 100 valence electrons. The second kappa shape index (κ2) is 5.83. The summed E-state index contributed by atoms with van der Waals surface area (Å²) in [6.45, 7) is 7.70. The molecule has 2 unspecified atom stereocenters. The number of hydrogen-bond acceptors (Lipinski definition) is 3. The summed E-state index contributed by atoms with van der Waals surface area (Å²) in [4.78, 5) is 13.7. The van der Waals surface area contributed by atoms with Crippen molar-refractivity contribution in [3.63, 3.8) is 0 Å². The highest BCUT2D eigenvalue weighted by Crippen LogP contribution is 2.20. The molecule has 2 N–H and O–H groups in total. The number of carbonyl (C=O) groups excluding carboxylic acids is 1. The normalized spacial score (nSPS) is 22.5. The maximum atomic E-state index is 12.0. The monoisotopic (exact) mass is 242 g/mol. The molecule has 0 aromatic carbocycles. The Labute approximate surface area is 104 Å². The van der Waals surface area contributed by atoms with E-state index in [1.165, 1.54) is 0 Å². The molecule has 1 saturated heterocycles. The van der Waals surface area contributed by atoms with E-state index >= 15 is 0 Å². The molecule has 0 spiro atoms. The molecule has 1 heterocycles. The molecular formula is C13H26N2O2. The number of amides is 1. The van der Waals surface area contributed by atoms with E-state index in [1.807, 2.05) is 7.05 Å². The van der Waals surface area contributed by atoms with Crippen LogP contribution in [0.1, 0.15) is 40.0 Å². The minimum atomic E-state index is -0.0954. The number of ether oxygens (including phenoxy) is 1. The Hall–Kier alpha value is -0.610. The van der Waals surface area contributed by atoms with Gasteiger partial charge in [-0.2, -0.15) is 0 Å². The van der Waals surface area contributed by atoms with Gasteiger partial charge in [0, 0.05) is 32.7 Å². The van der Waals surface area contributed by atoms with E-state index in [9.17, 15) is 4.79 Å². The van der Waals surface area contributed by atoms with Gasteiger partial charge < -0.3 is 15.4 Å². The molecule has 1 fully saturated rings. The van der Waals surface area contributed by atoms with Gasteiger partial charge in [-0.05, 0) is 18.3 Å². The van der Waals surface area contributed by atoms with E-state index in [0.29, 0.717) is 13.0 Å². The van der Waals surface area contributed by atoms with Crippen molar-refractivity contribution in [1.82, 2.24) is 4.90 Å². The van der Waals surface area contributed by atoms with Crippen molar-refractivity contribution >= 4 is 5.91 Å². The highest BCUT2D eigenvalue weighted by atomic mass is 16.5. The molecule has 0 aromatic heterocycles. The van der Waals surface area contributed by atoms with Crippen molar-refractivity contribution in [1.29, 1.82) is 0 Å². The number of rotatable bonds is 4. The third-order valence-corrected chi connectivity index (χ3v) is 3.43. The van der Waals surface area contributed by atoms with Crippen LogP contribution >= 0.6 is 0 Å². The summed E-state index contributed by atoms with van der Waals surface area (Å²) in [7, 11) is 1.83. The van der Waals surface area contributed by atoms with Crippen molar-refractivity contribution in [2.45, 2.75) is 52.2 Å². The summed E-state index contributed by atoms with van der Waals surface area (Å²) in [5.74, 6) is 0.114. The predicted octanol–water partition coefficient (Wildman–Crippen LogP) is 1.39. The van der Waals surface area contributed by atoms with Gasteiger partial charge >= 0.3 is 0 Å². The summed E-state index contributed by atoms with van der Waals surface area (Å²) in [6.07, 6.45) is 2.79. The maximum Gasteiger partial charge on any atom is 0.223 e. The number of nitrogens with two attached hydrogens (primary N) is 1. The lowest BCUT2D eigenvalue weighted by Gasteiger charge is -2.29. The Kier molecular flexibility index (Phi) is 4.95. The Morgan fingerprint density at radius 1 is 1.53 bits per heavy atom. The molecule has 1 amide bonds. The first kappa shape index (κ1) is 14.5. The smallest absolute Gasteiger partial charge is 0.223 e. The van der Waals surface area contributed by atoms with Crippen LogP contribution in [0.25, 0.3) is 0 Å². The molecule has 1 rings (SSSR count). The van der Waals surface area contributed by atoms with Gasteiger partial charge in [-0.15, -0.1) is 0 Å². The van der Waals surface area contributed by atoms with Crippen LogP contribution in [0.3, 0.4) is 0 Å². The average Bonchev–Trinajstić information content (AvgIpc) is 2.68. The van der Waals surface area contributed by atoms with E-state index in [1.54, 1.807) is 4.90 Å². The van der Waals surface area contributed by atoms with Crippen LogP contribution in [0.2, 0.25) is 0 Å². The van der Waals surface area contributed by atoms with Gasteiger partial charge in [-0.3, -0.25) is 4.79 Å². The van der Waals surface area contributed by atoms with E-state index in [2.05, 4.69) is 20.8 Å². The Balaban J connectivity index is 2.36. The molecule has 1 aliphatic rings. The molecule has 0 aliphatic carbocycles. The number of carbonyl (C=O) groups is 1. The van der Waals surface area contributed by atoms with Gasteiger partial charge in [0.2, 0.25) is 5.91 Å². The van der Waals surface area contributed by atoms with Crippen LogP contribution in [0.4, 0.5) is 0 Å². The Morgan fingerprint density at radius 3 is 2.65 bits per heavy atom. The second-order valence-corrected chi connectivity index (χ2v) is 6.09. The highest BCUT2D eigenvalue weighted by Gasteiger charge is 2.26. The minimum Gasteiger partial charge on any atom is -0.376 e. The number of likely N-dealkylation sites (N-methyl/N-ethyl adjacent to an activating group) is 1. The molecule has 0 radical (unpaired) electrons. The van der Waals surface area contributed by atoms with Crippen molar-refractivity contribution < 1.29 is 9.53 Å². The molecular weight excluding hydrogens is 216 g/mol. The van der Waals surface area contributed by atoms with Crippen molar-refractivity contribution in [3.8, 4) is 0 Å². The van der Waals surface area contributed by atoms with E-state index in [-0.39, 0.29) is 23.5 Å². The largest absolute Gasteiger partial charge is 0.376 e. The van der Waals surface area contributed by atoms with Crippen molar-refractivity contribution in [2.24, 2.45) is 11.1 Å². The van der Waals surface area contributed by atoms with Crippen LogP contribution in [0.15, 0.2) is 0 Å². The van der Waals surface area contributed by atoms with Gasteiger partial charge in [-0.25, -0.2) is 0 Å². The quantitative estimate of drug-likeness (QED) is 0.810. The Bertz CT molecular complexity index is 255. The molecule has 4 heteroatoms. The van der Waals surface area contributed by atoms with E-state index < -0.39 is 0 Å². The molecule has 4 nitrogen and oxygen atoms in total. The zero-order valence-electron chi connectivity index (χ0n) is 11.5. The lowest BCUT2D eigenvalue weighted by atomic mass is 9.85. The summed E-state index contributed by atoms with van der Waals surface area (Å²) in [5.41, 5.74) is 5.99. The highest BCUT2D eigenvalue weighted by molar-refractivity contribution is 5.76. The van der Waals surface area contributed by atoms with Crippen molar-refractivity contribution in [2.75, 3.05) is 20.2 Å². The molecule has 0 saturated carbocycles. The molecule has 0 aromatic rings. The first-order valence-electron chi connectivity index (χ1n) is 6.42. The summed E-state index contributed by atoms with van der Waals surface area (Å²) >= 11 is 0. The first-order chi connectivity index (χ1) is 7.80. The topological polar surface area (TPSA) is 55.6 Å². The fraction of sp³-hybridized carbons (Fsp3) is 0.923. The lowest BCUT2D eigenvalue weighted by molar-refractivity contribution is -0.132. The third kappa shape index (κ3) is 4.64. The maximum absolute atomic E-state index is 12.0. The SMILES string of the molecule is CN(CC1CCCO1)C(=O)CC(N)C(C)(C)C. The minimum absolute atomic E-state index is 0.0274. The summed E-state index contributed by atoms with van der Waals surface area (Å²) in [5, 5.41) is 0. The van der Waals surface area contributed by atoms with Gasteiger partial charge in [0.25, 0.3) is 0 Å². The van der Waals surface area contributed by atoms with Crippen molar-refractivity contribution in [3.05, 3.63) is 0 Å². The molecule has 1 aliphatic heterocycles. The Morgan fingerprint density at radius 2 is 2.18 bits per heavy atom. The zero-order chi connectivity index (χ0) is 13.1. The van der Waals surface area contributed by atoms with E-state index in [0.717, 1.165) is 19.4 Å². The van der Waals surface area contributed by atoms with Crippen LogP contribution in [-0.2, 0) is 9.53 Å². The summed E-state index contributed by atoms with van der Waals surface area (Å²) < 4.78 is 5.52. The van der Waals surface area contributed by atoms with Crippen LogP contribution in [0.5, 0.6) is 0 Å². The van der Waals surface area contributed by atoms with Gasteiger partial charge in [0.05, 0.1) is 6.10 Å². The van der Waals surface area contributed by atoms with Crippen LogP contribution < -0.4 is 5.73 Å². The first-order valence-corrected chi connectivity index (χ1v) is 6.42. The fourth-order valence-electron chi connectivity index (χ4n) is 1.85. The summed E-state index contributed by atoms with van der Waals surface area (Å²) in [6, 6.07) is -0.0954. The second-order valence-electron chi connectivity index (χ2n) is 6.09. The lowest BCUT2D eigenvalue weighted by Crippen LogP contribution is -2.42. The van der Waals surface area contributed by atoms with Crippen LogP contribution in [0, 0.1) is 5.41 Å². The van der Waals surface area contributed by atoms with Gasteiger partial charge in [0.1, 0.15) is 0 Å². The van der Waals surface area contributed by atoms with Gasteiger partial charge in [-0.1, -0.05) is 20.8 Å². The molecule has 0 bridgehead atoms. The predicted molar refractivity (Wildman–Crippen MR) is 68.7 cm³/mol. The van der Waals surface area contributed by atoms with Gasteiger partial charge in [0.15, 0.2) is 0 Å². The van der Waals surface area contributed by atoms with Crippen LogP contribution in [-0.4, -0.2) is 43.2 Å². The standard InChI is InChI=1S/C13H26N2O2/c1-13(2,3)11(14)8-12(16)15(4)9-10-6-5-7-17-10/h10-11H,5-9,14H2,1-4H3. The molecule has 17 heavy (non-hydrogen) atoms. The average molecular weight is 242 g/mol. The van der Waals surface area contributed by atoms with E-state index in [4.69, 9.17) is 10.5 Å². The number of nitrogens with zero attached hydrogens (tertiary/aromatic N) is 1. The molecule has 2 atom stereocenters. The third-order valence-electron chi connectivity index (χ3n) is 3.43. The zero-order valence-corrected chi connectivity index (χ0v) is 11.5. The fourth-order valence-corrected chi connectivity index (χ4v) is 1.85. The number of hydrogen-bond donors (Lipinski definition) is 1.